The number of benzene rings is 1. The van der Waals surface area contributed by atoms with Gasteiger partial charge in [-0.3, -0.25) is 4.79 Å². The molecule has 0 bridgehead atoms. The Balaban J connectivity index is 1.98. The number of rotatable bonds is 6. The Labute approximate surface area is 113 Å². The number of methoxy groups -OCH3 is 2. The molecular formula is C15H20O4. The molecule has 1 aliphatic heterocycles. The molecule has 1 unspecified atom stereocenters. The van der Waals surface area contributed by atoms with E-state index in [1.807, 2.05) is 0 Å². The molecule has 1 aliphatic rings. The van der Waals surface area contributed by atoms with Gasteiger partial charge in [0.25, 0.3) is 0 Å². The van der Waals surface area contributed by atoms with Crippen LogP contribution in [0.15, 0.2) is 18.2 Å². The standard InChI is InChI=1S/C15H20O4/c1-17-14-8-5-11(10-15(14)18-2)13(16)7-6-12-4-3-9-19-12/h5,8,10,12H,3-4,6-7,9H2,1-2H3. The molecule has 19 heavy (non-hydrogen) atoms. The highest BCUT2D eigenvalue weighted by atomic mass is 16.5. The van der Waals surface area contributed by atoms with Crippen molar-refractivity contribution in [1.82, 2.24) is 0 Å². The van der Waals surface area contributed by atoms with Crippen LogP contribution >= 0.6 is 0 Å². The van der Waals surface area contributed by atoms with E-state index in [1.165, 1.54) is 0 Å². The highest BCUT2D eigenvalue weighted by Gasteiger charge is 2.18. The van der Waals surface area contributed by atoms with E-state index in [4.69, 9.17) is 14.2 Å². The summed E-state index contributed by atoms with van der Waals surface area (Å²) in [6.45, 7) is 0.829. The maximum atomic E-state index is 12.1. The molecule has 0 radical (unpaired) electrons. The van der Waals surface area contributed by atoms with E-state index in [-0.39, 0.29) is 11.9 Å². The second-order valence-corrected chi connectivity index (χ2v) is 4.67. The molecule has 1 aromatic rings. The molecule has 0 spiro atoms. The van der Waals surface area contributed by atoms with Crippen molar-refractivity contribution >= 4 is 5.78 Å². The largest absolute Gasteiger partial charge is 0.493 e. The van der Waals surface area contributed by atoms with Crippen molar-refractivity contribution in [3.63, 3.8) is 0 Å². The van der Waals surface area contributed by atoms with Crippen LogP contribution in [0.25, 0.3) is 0 Å². The summed E-state index contributed by atoms with van der Waals surface area (Å²) in [7, 11) is 3.15. The van der Waals surface area contributed by atoms with Crippen molar-refractivity contribution in [3.8, 4) is 11.5 Å². The fourth-order valence-electron chi connectivity index (χ4n) is 2.32. The summed E-state index contributed by atoms with van der Waals surface area (Å²) >= 11 is 0. The fraction of sp³-hybridized carbons (Fsp3) is 0.533. The average Bonchev–Trinajstić information content (AvgIpc) is 2.97. The summed E-state index contributed by atoms with van der Waals surface area (Å²) in [6.07, 6.45) is 3.74. The quantitative estimate of drug-likeness (QED) is 0.741. The van der Waals surface area contributed by atoms with Gasteiger partial charge in [-0.25, -0.2) is 0 Å². The number of carbonyl (C=O) groups is 1. The average molecular weight is 264 g/mol. The third kappa shape index (κ3) is 3.47. The van der Waals surface area contributed by atoms with Crippen molar-refractivity contribution in [2.75, 3.05) is 20.8 Å². The fourth-order valence-corrected chi connectivity index (χ4v) is 2.32. The van der Waals surface area contributed by atoms with Gasteiger partial charge in [0.2, 0.25) is 0 Å². The molecule has 0 N–H and O–H groups in total. The Morgan fingerprint density at radius 2 is 2.11 bits per heavy atom. The molecule has 0 aliphatic carbocycles. The van der Waals surface area contributed by atoms with Crippen LogP contribution in [0.2, 0.25) is 0 Å². The first-order valence-corrected chi connectivity index (χ1v) is 6.61. The molecule has 1 heterocycles. The molecule has 104 valence electrons. The lowest BCUT2D eigenvalue weighted by Gasteiger charge is -2.10. The molecule has 4 heteroatoms. The van der Waals surface area contributed by atoms with Crippen molar-refractivity contribution in [2.24, 2.45) is 0 Å². The lowest BCUT2D eigenvalue weighted by atomic mass is 10.0. The van der Waals surface area contributed by atoms with Crippen molar-refractivity contribution in [1.29, 1.82) is 0 Å². The number of carbonyl (C=O) groups excluding carboxylic acids is 1. The van der Waals surface area contributed by atoms with Crippen LogP contribution in [0.1, 0.15) is 36.0 Å². The van der Waals surface area contributed by atoms with Crippen molar-refractivity contribution in [3.05, 3.63) is 23.8 Å². The zero-order valence-corrected chi connectivity index (χ0v) is 11.5. The van der Waals surface area contributed by atoms with Crippen molar-refractivity contribution in [2.45, 2.75) is 31.8 Å². The van der Waals surface area contributed by atoms with E-state index < -0.39 is 0 Å². The molecule has 1 saturated heterocycles. The molecule has 0 saturated carbocycles. The van der Waals surface area contributed by atoms with Gasteiger partial charge in [-0.2, -0.15) is 0 Å². The van der Waals surface area contributed by atoms with E-state index in [2.05, 4.69) is 0 Å². The Hall–Kier alpha value is -1.55. The summed E-state index contributed by atoms with van der Waals surface area (Å²) in [4.78, 5) is 12.1. The van der Waals surface area contributed by atoms with Gasteiger partial charge in [0.1, 0.15) is 0 Å². The van der Waals surface area contributed by atoms with Gasteiger partial charge in [0, 0.05) is 18.6 Å². The van der Waals surface area contributed by atoms with Crippen LogP contribution in [0, 0.1) is 0 Å². The smallest absolute Gasteiger partial charge is 0.163 e. The molecule has 1 fully saturated rings. The monoisotopic (exact) mass is 264 g/mol. The van der Waals surface area contributed by atoms with E-state index in [9.17, 15) is 4.79 Å². The number of hydrogen-bond donors (Lipinski definition) is 0. The van der Waals surface area contributed by atoms with Gasteiger partial charge in [0.15, 0.2) is 17.3 Å². The summed E-state index contributed by atoms with van der Waals surface area (Å²) in [6, 6.07) is 5.27. The summed E-state index contributed by atoms with van der Waals surface area (Å²) < 4.78 is 15.9. The summed E-state index contributed by atoms with van der Waals surface area (Å²) in [5.74, 6) is 1.35. The van der Waals surface area contributed by atoms with Gasteiger partial charge in [-0.15, -0.1) is 0 Å². The van der Waals surface area contributed by atoms with Crippen LogP contribution in [0.5, 0.6) is 11.5 Å². The Morgan fingerprint density at radius 3 is 2.74 bits per heavy atom. The zero-order valence-electron chi connectivity index (χ0n) is 11.5. The molecule has 0 aromatic heterocycles. The Bertz CT molecular complexity index is 436. The van der Waals surface area contributed by atoms with Crippen molar-refractivity contribution < 1.29 is 19.0 Å². The first-order valence-electron chi connectivity index (χ1n) is 6.61. The Kier molecular flexibility index (Phi) is 4.80. The van der Waals surface area contributed by atoms with E-state index in [0.29, 0.717) is 23.5 Å². The van der Waals surface area contributed by atoms with E-state index in [0.717, 1.165) is 25.9 Å². The topological polar surface area (TPSA) is 44.8 Å². The van der Waals surface area contributed by atoms with Gasteiger partial charge in [-0.05, 0) is 37.5 Å². The van der Waals surface area contributed by atoms with Crippen LogP contribution < -0.4 is 9.47 Å². The van der Waals surface area contributed by atoms with Gasteiger partial charge in [0.05, 0.1) is 20.3 Å². The number of ketones is 1. The highest BCUT2D eigenvalue weighted by molar-refractivity contribution is 5.96. The molecule has 1 aromatic carbocycles. The van der Waals surface area contributed by atoms with Crippen LogP contribution in [-0.4, -0.2) is 32.7 Å². The lowest BCUT2D eigenvalue weighted by molar-refractivity contribution is 0.0859. The Morgan fingerprint density at radius 1 is 1.32 bits per heavy atom. The van der Waals surface area contributed by atoms with Crippen LogP contribution in [0.3, 0.4) is 0 Å². The van der Waals surface area contributed by atoms with Gasteiger partial charge >= 0.3 is 0 Å². The molecule has 2 rings (SSSR count). The lowest BCUT2D eigenvalue weighted by Crippen LogP contribution is -2.09. The predicted molar refractivity (Wildman–Crippen MR) is 72.1 cm³/mol. The normalized spacial score (nSPS) is 18.3. The third-order valence-corrected chi connectivity index (χ3v) is 3.42. The number of ether oxygens (including phenoxy) is 3. The number of hydrogen-bond acceptors (Lipinski definition) is 4. The SMILES string of the molecule is COc1ccc(C(=O)CCC2CCCO2)cc1OC. The van der Waals surface area contributed by atoms with Gasteiger partial charge < -0.3 is 14.2 Å². The first kappa shape index (κ1) is 13.9. The zero-order chi connectivity index (χ0) is 13.7. The predicted octanol–water partition coefficient (Wildman–Crippen LogP) is 2.85. The summed E-state index contributed by atoms with van der Waals surface area (Å²) in [5, 5.41) is 0. The minimum absolute atomic E-state index is 0.122. The molecular weight excluding hydrogens is 244 g/mol. The highest BCUT2D eigenvalue weighted by Crippen LogP contribution is 2.28. The van der Waals surface area contributed by atoms with Gasteiger partial charge in [-0.1, -0.05) is 0 Å². The minimum Gasteiger partial charge on any atom is -0.493 e. The van der Waals surface area contributed by atoms with E-state index in [1.54, 1.807) is 32.4 Å². The summed E-state index contributed by atoms with van der Waals surface area (Å²) in [5.41, 5.74) is 0.663. The minimum atomic E-state index is 0.122. The number of Topliss-reactive ketones (excluding diaryl/α,β-unsaturated/α-hetero) is 1. The maximum absolute atomic E-state index is 12.1. The van der Waals surface area contributed by atoms with Crippen LogP contribution in [-0.2, 0) is 4.74 Å². The van der Waals surface area contributed by atoms with E-state index >= 15 is 0 Å². The second-order valence-electron chi connectivity index (χ2n) is 4.67. The first-order chi connectivity index (χ1) is 9.24. The molecule has 4 nitrogen and oxygen atoms in total. The second kappa shape index (κ2) is 6.57. The van der Waals surface area contributed by atoms with Crippen LogP contribution in [0.4, 0.5) is 0 Å². The molecule has 0 amide bonds. The molecule has 1 atom stereocenters. The maximum Gasteiger partial charge on any atom is 0.163 e. The third-order valence-electron chi connectivity index (χ3n) is 3.42.